The second-order valence-corrected chi connectivity index (χ2v) is 6.24. The van der Waals surface area contributed by atoms with Crippen molar-refractivity contribution in [3.63, 3.8) is 0 Å². The second kappa shape index (κ2) is 7.49. The SMILES string of the molecule is Cc1noc(C)c1COc1cc2ccccc2cc1C(=O)O[C@@H](C)C(N)=O. The third-order valence-electron chi connectivity index (χ3n) is 4.31. The predicted molar refractivity (Wildman–Crippen MR) is 98.3 cm³/mol. The van der Waals surface area contributed by atoms with Gasteiger partial charge in [0.15, 0.2) is 6.10 Å². The van der Waals surface area contributed by atoms with Crippen LogP contribution in [0.1, 0.15) is 34.3 Å². The highest BCUT2D eigenvalue weighted by Gasteiger charge is 2.21. The van der Waals surface area contributed by atoms with E-state index in [1.54, 1.807) is 19.1 Å². The van der Waals surface area contributed by atoms with Crippen LogP contribution >= 0.6 is 0 Å². The zero-order chi connectivity index (χ0) is 19.6. The lowest BCUT2D eigenvalue weighted by molar-refractivity contribution is -0.125. The summed E-state index contributed by atoms with van der Waals surface area (Å²) in [4.78, 5) is 23.8. The predicted octanol–water partition coefficient (Wildman–Crippen LogP) is 3.05. The normalized spacial score (nSPS) is 12.0. The first kappa shape index (κ1) is 18.4. The molecule has 2 N–H and O–H groups in total. The molecule has 0 aliphatic rings. The van der Waals surface area contributed by atoms with Gasteiger partial charge in [-0.05, 0) is 43.7 Å². The standard InChI is InChI=1S/C20H20N2O5/c1-11-17(12(2)27-22-11)10-25-18-9-15-7-5-4-6-14(15)8-16(18)20(24)26-13(3)19(21)23/h4-9,13H,10H2,1-3H3,(H2,21,23)/t13-/m0/s1. The monoisotopic (exact) mass is 368 g/mol. The molecule has 0 saturated heterocycles. The van der Waals surface area contributed by atoms with Crippen LogP contribution in [0.25, 0.3) is 10.8 Å². The van der Waals surface area contributed by atoms with Gasteiger partial charge in [0.25, 0.3) is 5.91 Å². The van der Waals surface area contributed by atoms with Crippen molar-refractivity contribution in [3.8, 4) is 5.75 Å². The summed E-state index contributed by atoms with van der Waals surface area (Å²) in [6, 6.07) is 11.0. The van der Waals surface area contributed by atoms with Crippen molar-refractivity contribution in [1.29, 1.82) is 0 Å². The minimum atomic E-state index is -1.04. The zero-order valence-corrected chi connectivity index (χ0v) is 15.3. The number of aryl methyl sites for hydroxylation is 2. The molecule has 0 unspecified atom stereocenters. The van der Waals surface area contributed by atoms with E-state index in [1.807, 2.05) is 31.2 Å². The zero-order valence-electron chi connectivity index (χ0n) is 15.3. The first-order valence-electron chi connectivity index (χ1n) is 8.44. The molecule has 1 aromatic heterocycles. The molecule has 0 aliphatic heterocycles. The van der Waals surface area contributed by atoms with Crippen LogP contribution in [-0.2, 0) is 16.1 Å². The van der Waals surface area contributed by atoms with Crippen LogP contribution in [-0.4, -0.2) is 23.1 Å². The Balaban J connectivity index is 1.96. The number of nitrogens with zero attached hydrogens (tertiary/aromatic N) is 1. The minimum Gasteiger partial charge on any atom is -0.488 e. The van der Waals surface area contributed by atoms with Crippen molar-refractivity contribution < 1.29 is 23.6 Å². The van der Waals surface area contributed by atoms with Gasteiger partial charge in [-0.2, -0.15) is 0 Å². The molecule has 3 rings (SSSR count). The number of hydrogen-bond donors (Lipinski definition) is 1. The molecule has 1 heterocycles. The number of carbonyl (C=O) groups is 2. The molecule has 1 atom stereocenters. The van der Waals surface area contributed by atoms with Gasteiger partial charge in [0.1, 0.15) is 23.7 Å². The van der Waals surface area contributed by atoms with Crippen molar-refractivity contribution in [2.24, 2.45) is 5.73 Å². The lowest BCUT2D eigenvalue weighted by Gasteiger charge is -2.14. The third-order valence-corrected chi connectivity index (χ3v) is 4.31. The molecule has 0 saturated carbocycles. The molecule has 27 heavy (non-hydrogen) atoms. The quantitative estimate of drug-likeness (QED) is 0.671. The maximum atomic E-state index is 12.6. The summed E-state index contributed by atoms with van der Waals surface area (Å²) in [6.45, 7) is 5.22. The van der Waals surface area contributed by atoms with Crippen molar-refractivity contribution in [2.75, 3.05) is 0 Å². The van der Waals surface area contributed by atoms with E-state index < -0.39 is 18.0 Å². The van der Waals surface area contributed by atoms with Crippen LogP contribution in [0.15, 0.2) is 40.9 Å². The van der Waals surface area contributed by atoms with E-state index in [0.29, 0.717) is 11.5 Å². The number of fused-ring (bicyclic) bond motifs is 1. The molecule has 3 aromatic rings. The molecule has 0 radical (unpaired) electrons. The summed E-state index contributed by atoms with van der Waals surface area (Å²) in [5.41, 5.74) is 6.93. The molecule has 0 spiro atoms. The highest BCUT2D eigenvalue weighted by Crippen LogP contribution is 2.28. The average molecular weight is 368 g/mol. The lowest BCUT2D eigenvalue weighted by atomic mass is 10.1. The molecule has 7 nitrogen and oxygen atoms in total. The average Bonchev–Trinajstić information content (AvgIpc) is 2.96. The van der Waals surface area contributed by atoms with Gasteiger partial charge in [0, 0.05) is 0 Å². The number of amides is 1. The van der Waals surface area contributed by atoms with E-state index in [-0.39, 0.29) is 12.2 Å². The van der Waals surface area contributed by atoms with Crippen LogP contribution in [0.5, 0.6) is 5.75 Å². The second-order valence-electron chi connectivity index (χ2n) is 6.24. The Labute approximate surface area is 156 Å². The number of benzene rings is 2. The van der Waals surface area contributed by atoms with E-state index in [1.165, 1.54) is 6.92 Å². The van der Waals surface area contributed by atoms with Gasteiger partial charge in [-0.25, -0.2) is 4.79 Å². The summed E-state index contributed by atoms with van der Waals surface area (Å²) < 4.78 is 16.2. The van der Waals surface area contributed by atoms with Crippen LogP contribution in [0.2, 0.25) is 0 Å². The Morgan fingerprint density at radius 3 is 2.44 bits per heavy atom. The van der Waals surface area contributed by atoms with E-state index >= 15 is 0 Å². The number of rotatable bonds is 6. The number of carbonyl (C=O) groups excluding carboxylic acids is 2. The number of aromatic nitrogens is 1. The van der Waals surface area contributed by atoms with E-state index in [2.05, 4.69) is 5.16 Å². The number of nitrogens with two attached hydrogens (primary N) is 1. The number of esters is 1. The lowest BCUT2D eigenvalue weighted by Crippen LogP contribution is -2.30. The van der Waals surface area contributed by atoms with Crippen LogP contribution in [0.3, 0.4) is 0 Å². The van der Waals surface area contributed by atoms with Gasteiger partial charge in [-0.3, -0.25) is 4.79 Å². The van der Waals surface area contributed by atoms with Crippen LogP contribution < -0.4 is 10.5 Å². The van der Waals surface area contributed by atoms with Gasteiger partial charge in [0.05, 0.1) is 11.3 Å². The molecular formula is C20H20N2O5. The first-order valence-corrected chi connectivity index (χ1v) is 8.44. The van der Waals surface area contributed by atoms with Crippen LogP contribution in [0, 0.1) is 13.8 Å². The fraction of sp³-hybridized carbons (Fsp3) is 0.250. The van der Waals surface area contributed by atoms with Crippen molar-refractivity contribution in [1.82, 2.24) is 5.16 Å². The fourth-order valence-corrected chi connectivity index (χ4v) is 2.64. The molecule has 7 heteroatoms. The van der Waals surface area contributed by atoms with Crippen molar-refractivity contribution >= 4 is 22.6 Å². The van der Waals surface area contributed by atoms with Gasteiger partial charge in [-0.15, -0.1) is 0 Å². The molecule has 1 amide bonds. The summed E-state index contributed by atoms with van der Waals surface area (Å²) >= 11 is 0. The Kier molecular flexibility index (Phi) is 5.12. The number of ether oxygens (including phenoxy) is 2. The largest absolute Gasteiger partial charge is 0.488 e. The van der Waals surface area contributed by atoms with Crippen molar-refractivity contribution in [2.45, 2.75) is 33.5 Å². The Hall–Kier alpha value is -3.35. The molecule has 2 aromatic carbocycles. The number of hydrogen-bond acceptors (Lipinski definition) is 6. The smallest absolute Gasteiger partial charge is 0.342 e. The highest BCUT2D eigenvalue weighted by molar-refractivity contribution is 5.99. The summed E-state index contributed by atoms with van der Waals surface area (Å²) in [5, 5.41) is 5.65. The Morgan fingerprint density at radius 1 is 1.19 bits per heavy atom. The highest BCUT2D eigenvalue weighted by atomic mass is 16.5. The summed E-state index contributed by atoms with van der Waals surface area (Å²) in [5.74, 6) is -0.404. The molecule has 0 fully saturated rings. The van der Waals surface area contributed by atoms with Gasteiger partial charge in [-0.1, -0.05) is 29.4 Å². The molecule has 0 bridgehead atoms. The van der Waals surface area contributed by atoms with E-state index in [9.17, 15) is 9.59 Å². The van der Waals surface area contributed by atoms with Crippen LogP contribution in [0.4, 0.5) is 0 Å². The Bertz CT molecular complexity index is 989. The molecular weight excluding hydrogens is 348 g/mol. The topological polar surface area (TPSA) is 105 Å². The number of primary amides is 1. The third kappa shape index (κ3) is 3.92. The molecule has 140 valence electrons. The summed E-state index contributed by atoms with van der Waals surface area (Å²) in [7, 11) is 0. The molecule has 0 aliphatic carbocycles. The maximum Gasteiger partial charge on any atom is 0.342 e. The summed E-state index contributed by atoms with van der Waals surface area (Å²) in [6.07, 6.45) is -1.04. The van der Waals surface area contributed by atoms with Gasteiger partial charge < -0.3 is 19.7 Å². The van der Waals surface area contributed by atoms with Crippen molar-refractivity contribution in [3.05, 3.63) is 59.0 Å². The minimum absolute atomic E-state index is 0.186. The maximum absolute atomic E-state index is 12.6. The first-order chi connectivity index (χ1) is 12.9. The van der Waals surface area contributed by atoms with Gasteiger partial charge in [0.2, 0.25) is 0 Å². The Morgan fingerprint density at radius 2 is 1.85 bits per heavy atom. The van der Waals surface area contributed by atoms with Gasteiger partial charge >= 0.3 is 5.97 Å². The van der Waals surface area contributed by atoms with E-state index in [4.69, 9.17) is 19.7 Å². The van der Waals surface area contributed by atoms with E-state index in [0.717, 1.165) is 22.0 Å². The fourth-order valence-electron chi connectivity index (χ4n) is 2.64.